The van der Waals surface area contributed by atoms with Gasteiger partial charge in [-0.25, -0.2) is 0 Å². The minimum Gasteiger partial charge on any atom is -0.396 e. The number of ether oxygens (including phenoxy) is 1. The van der Waals surface area contributed by atoms with Gasteiger partial charge in [0.2, 0.25) is 11.8 Å². The van der Waals surface area contributed by atoms with E-state index >= 15 is 0 Å². The van der Waals surface area contributed by atoms with Crippen molar-refractivity contribution >= 4 is 11.8 Å². The normalized spacial score (nSPS) is 35.5. The average molecular weight is 543 g/mol. The maximum absolute atomic E-state index is 12.4. The molecule has 0 spiro atoms. The second-order valence-corrected chi connectivity index (χ2v) is 10.1. The topological polar surface area (TPSA) is 229 Å². The lowest BCUT2D eigenvalue weighted by molar-refractivity contribution is -0.229. The molecule has 1 aliphatic carbocycles. The molecule has 13 heteroatoms. The van der Waals surface area contributed by atoms with Gasteiger partial charge < -0.3 is 56.2 Å². The van der Waals surface area contributed by atoms with Crippen molar-refractivity contribution in [3.63, 3.8) is 0 Å². The fourth-order valence-electron chi connectivity index (χ4n) is 4.90. The Balaban J connectivity index is 1.42. The molecule has 1 aliphatic heterocycles. The summed E-state index contributed by atoms with van der Waals surface area (Å²) in [5.41, 5.74) is 1.54. The van der Waals surface area contributed by atoms with Gasteiger partial charge in [-0.2, -0.15) is 0 Å². The monoisotopic (exact) mass is 542 g/mol. The van der Waals surface area contributed by atoms with Gasteiger partial charge >= 0.3 is 0 Å². The maximum Gasteiger partial charge on any atom is 0.222 e. The molecule has 38 heavy (non-hydrogen) atoms. The minimum atomic E-state index is -1.54. The number of amides is 2. The summed E-state index contributed by atoms with van der Waals surface area (Å²) in [7, 11) is 0. The summed E-state index contributed by atoms with van der Waals surface area (Å²) in [5.74, 6) is -2.02. The standard InChI is InChI=1S/C25H38N2O11/c28-10-15-5-14(20(32)24(36)21(15)33)6-18(30)26-8-12-1-3-13(4-2-12)9-27-19(31)7-16-22(34)25(37)23(35)17(11-29)38-16/h1-4,14-17,20-25,28-29,32-37H,5-11H2,(H,26,30)(H,27,31)/t14-,15-,16-,17-,20-,21-,22-,23-,24-,25-/m1/s1. The summed E-state index contributed by atoms with van der Waals surface area (Å²) in [4.78, 5) is 24.7. The van der Waals surface area contributed by atoms with Gasteiger partial charge in [-0.1, -0.05) is 24.3 Å². The first-order chi connectivity index (χ1) is 18.0. The molecule has 0 radical (unpaired) electrons. The Hall–Kier alpha value is -2.20. The Labute approximate surface area is 219 Å². The summed E-state index contributed by atoms with van der Waals surface area (Å²) < 4.78 is 5.34. The third-order valence-corrected chi connectivity index (χ3v) is 7.33. The molecular weight excluding hydrogens is 504 g/mol. The molecule has 2 aliphatic rings. The predicted octanol–water partition coefficient (Wildman–Crippen LogP) is -3.75. The van der Waals surface area contributed by atoms with E-state index in [1.165, 1.54) is 0 Å². The predicted molar refractivity (Wildman–Crippen MR) is 130 cm³/mol. The van der Waals surface area contributed by atoms with Crippen molar-refractivity contribution < 1.29 is 55.2 Å². The van der Waals surface area contributed by atoms with E-state index in [-0.39, 0.29) is 44.9 Å². The first-order valence-electron chi connectivity index (χ1n) is 12.6. The summed E-state index contributed by atoms with van der Waals surface area (Å²) in [6.45, 7) is -0.553. The number of benzene rings is 1. The van der Waals surface area contributed by atoms with E-state index in [9.17, 15) is 50.4 Å². The molecule has 0 unspecified atom stereocenters. The minimum absolute atomic E-state index is 0.0694. The Bertz CT molecular complexity index is 840. The maximum atomic E-state index is 12.4. The lowest BCUT2D eigenvalue weighted by Crippen LogP contribution is -2.59. The Morgan fingerprint density at radius 1 is 0.658 bits per heavy atom. The zero-order valence-corrected chi connectivity index (χ0v) is 20.8. The Morgan fingerprint density at radius 3 is 1.66 bits per heavy atom. The number of aliphatic hydroxyl groups is 8. The van der Waals surface area contributed by atoms with Gasteiger partial charge in [-0.15, -0.1) is 0 Å². The van der Waals surface area contributed by atoms with Crippen LogP contribution in [0, 0.1) is 11.8 Å². The average Bonchev–Trinajstić information content (AvgIpc) is 2.91. The van der Waals surface area contributed by atoms with E-state index in [0.717, 1.165) is 11.1 Å². The van der Waals surface area contributed by atoms with Crippen LogP contribution in [0.3, 0.4) is 0 Å². The number of aliphatic hydroxyl groups excluding tert-OH is 8. The third-order valence-electron chi connectivity index (χ3n) is 7.33. The lowest BCUT2D eigenvalue weighted by atomic mass is 9.74. The zero-order chi connectivity index (χ0) is 28.0. The number of nitrogens with one attached hydrogen (secondary N) is 2. The summed E-state index contributed by atoms with van der Waals surface area (Å²) >= 11 is 0. The van der Waals surface area contributed by atoms with Crippen LogP contribution in [0.2, 0.25) is 0 Å². The molecule has 1 saturated carbocycles. The molecule has 1 heterocycles. The van der Waals surface area contributed by atoms with E-state index in [4.69, 9.17) is 4.74 Å². The summed E-state index contributed by atoms with van der Waals surface area (Å²) in [5, 5.41) is 83.8. The fraction of sp³-hybridized carbons (Fsp3) is 0.680. The summed E-state index contributed by atoms with van der Waals surface area (Å²) in [6.07, 6.45) is -10.8. The second kappa shape index (κ2) is 13.7. The van der Waals surface area contributed by atoms with Crippen LogP contribution in [0.1, 0.15) is 30.4 Å². The molecule has 2 fully saturated rings. The van der Waals surface area contributed by atoms with E-state index in [2.05, 4.69) is 10.6 Å². The van der Waals surface area contributed by atoms with Gasteiger partial charge in [0.05, 0.1) is 31.3 Å². The SMILES string of the molecule is O=C(C[C@H]1C[C@H](CO)[C@@H](O)[C@H](O)[C@@H]1O)NCc1ccc(CNC(=O)C[C@H]2O[C@H](CO)[C@@H](O)[C@H](O)[C@@H]2O)cc1. The fourth-order valence-corrected chi connectivity index (χ4v) is 4.90. The molecule has 13 nitrogen and oxygen atoms in total. The number of hydrogen-bond donors (Lipinski definition) is 10. The van der Waals surface area contributed by atoms with Gasteiger partial charge in [0.1, 0.15) is 30.5 Å². The highest BCUT2D eigenvalue weighted by Gasteiger charge is 2.44. The Morgan fingerprint density at radius 2 is 1.13 bits per heavy atom. The third kappa shape index (κ3) is 7.46. The molecule has 214 valence electrons. The number of hydrogen-bond acceptors (Lipinski definition) is 11. The second-order valence-electron chi connectivity index (χ2n) is 10.1. The molecule has 10 atom stereocenters. The van der Waals surface area contributed by atoms with E-state index < -0.39 is 73.2 Å². The highest BCUT2D eigenvalue weighted by atomic mass is 16.5. The van der Waals surface area contributed by atoms with Crippen LogP contribution >= 0.6 is 0 Å². The number of carbonyl (C=O) groups excluding carboxylic acids is 2. The van der Waals surface area contributed by atoms with Crippen molar-refractivity contribution in [2.24, 2.45) is 11.8 Å². The number of rotatable bonds is 10. The van der Waals surface area contributed by atoms with Crippen molar-refractivity contribution in [1.29, 1.82) is 0 Å². The Kier molecular flexibility index (Phi) is 11.0. The van der Waals surface area contributed by atoms with Crippen molar-refractivity contribution in [2.75, 3.05) is 13.2 Å². The quantitative estimate of drug-likeness (QED) is 0.138. The van der Waals surface area contributed by atoms with Crippen LogP contribution in [-0.4, -0.2) is 115 Å². The van der Waals surface area contributed by atoms with Crippen LogP contribution in [0.5, 0.6) is 0 Å². The largest absolute Gasteiger partial charge is 0.396 e. The highest BCUT2D eigenvalue weighted by molar-refractivity contribution is 5.77. The number of carbonyl (C=O) groups is 2. The zero-order valence-electron chi connectivity index (χ0n) is 20.8. The van der Waals surface area contributed by atoms with Crippen molar-refractivity contribution in [1.82, 2.24) is 10.6 Å². The van der Waals surface area contributed by atoms with Crippen LogP contribution in [-0.2, 0) is 27.4 Å². The van der Waals surface area contributed by atoms with Crippen LogP contribution in [0.25, 0.3) is 0 Å². The van der Waals surface area contributed by atoms with Gasteiger partial charge in [-0.3, -0.25) is 9.59 Å². The first-order valence-corrected chi connectivity index (χ1v) is 12.6. The molecule has 2 amide bonds. The van der Waals surface area contributed by atoms with Crippen LogP contribution in [0.4, 0.5) is 0 Å². The van der Waals surface area contributed by atoms with Crippen molar-refractivity contribution in [3.05, 3.63) is 35.4 Å². The first kappa shape index (κ1) is 30.3. The van der Waals surface area contributed by atoms with Crippen molar-refractivity contribution in [3.8, 4) is 0 Å². The van der Waals surface area contributed by atoms with E-state index in [1.807, 2.05) is 0 Å². The van der Waals surface area contributed by atoms with E-state index in [0.29, 0.717) is 0 Å². The van der Waals surface area contributed by atoms with Gasteiger partial charge in [-0.05, 0) is 23.5 Å². The molecular formula is C25H38N2O11. The lowest BCUT2D eigenvalue weighted by Gasteiger charge is -2.39. The van der Waals surface area contributed by atoms with Crippen LogP contribution < -0.4 is 10.6 Å². The molecule has 0 aromatic heterocycles. The molecule has 0 bridgehead atoms. The van der Waals surface area contributed by atoms with Crippen LogP contribution in [0.15, 0.2) is 24.3 Å². The molecule has 1 saturated heterocycles. The molecule has 3 rings (SSSR count). The van der Waals surface area contributed by atoms with Gasteiger partial charge in [0.15, 0.2) is 0 Å². The van der Waals surface area contributed by atoms with Gasteiger partial charge in [0, 0.05) is 32.0 Å². The van der Waals surface area contributed by atoms with Crippen molar-refractivity contribution in [2.45, 2.75) is 81.2 Å². The molecule has 1 aromatic rings. The summed E-state index contributed by atoms with van der Waals surface area (Å²) in [6, 6.07) is 7.03. The smallest absolute Gasteiger partial charge is 0.222 e. The molecule has 1 aromatic carbocycles. The van der Waals surface area contributed by atoms with E-state index in [1.54, 1.807) is 24.3 Å². The highest BCUT2D eigenvalue weighted by Crippen LogP contribution is 2.32. The molecule has 10 N–H and O–H groups in total. The van der Waals surface area contributed by atoms with Gasteiger partial charge in [0.25, 0.3) is 0 Å².